The maximum Gasteiger partial charge on any atom is 0.372 e. The predicted octanol–water partition coefficient (Wildman–Crippen LogP) is 1.76. The Hall–Kier alpha value is -1.96. The van der Waals surface area contributed by atoms with Gasteiger partial charge in [0.15, 0.2) is 0 Å². The summed E-state index contributed by atoms with van der Waals surface area (Å²) in [7, 11) is 0. The third kappa shape index (κ3) is 3.53. The van der Waals surface area contributed by atoms with Crippen molar-refractivity contribution in [1.82, 2.24) is 9.97 Å². The van der Waals surface area contributed by atoms with Crippen LogP contribution in [-0.2, 0) is 4.74 Å². The second-order valence-electron chi connectivity index (χ2n) is 4.82. The SMILES string of the molecule is CC(C)Oc1ncnc(NCC2CCCO2)c1[N+](=O)[O-]. The molecule has 1 aliphatic heterocycles. The fraction of sp³-hybridized carbons (Fsp3) is 0.667. The summed E-state index contributed by atoms with van der Waals surface area (Å²) in [5.41, 5.74) is -0.237. The highest BCUT2D eigenvalue weighted by atomic mass is 16.6. The number of nitrogens with one attached hydrogen (secondary N) is 1. The van der Waals surface area contributed by atoms with Gasteiger partial charge in [0, 0.05) is 13.2 Å². The third-order valence-electron chi connectivity index (χ3n) is 2.84. The smallest absolute Gasteiger partial charge is 0.372 e. The zero-order valence-corrected chi connectivity index (χ0v) is 11.5. The molecule has 8 heteroatoms. The molecule has 0 aromatic carbocycles. The van der Waals surface area contributed by atoms with Gasteiger partial charge in [-0.3, -0.25) is 10.1 Å². The molecule has 0 saturated carbocycles. The van der Waals surface area contributed by atoms with Crippen LogP contribution in [0.15, 0.2) is 6.33 Å². The van der Waals surface area contributed by atoms with E-state index in [2.05, 4.69) is 15.3 Å². The average molecular weight is 282 g/mol. The molecule has 1 N–H and O–H groups in total. The van der Waals surface area contributed by atoms with Crippen LogP contribution in [0.3, 0.4) is 0 Å². The summed E-state index contributed by atoms with van der Waals surface area (Å²) in [6.07, 6.45) is 3.08. The Bertz CT molecular complexity index is 475. The lowest BCUT2D eigenvalue weighted by molar-refractivity contribution is -0.385. The summed E-state index contributed by atoms with van der Waals surface area (Å²) >= 11 is 0. The van der Waals surface area contributed by atoms with Gasteiger partial charge in [0.05, 0.1) is 17.1 Å². The maximum atomic E-state index is 11.2. The van der Waals surface area contributed by atoms with E-state index < -0.39 is 4.92 Å². The van der Waals surface area contributed by atoms with Crippen LogP contribution in [0, 0.1) is 10.1 Å². The van der Waals surface area contributed by atoms with Crippen molar-refractivity contribution < 1.29 is 14.4 Å². The first kappa shape index (κ1) is 14.4. The molecule has 1 aliphatic rings. The molecular formula is C12H18N4O4. The Morgan fingerprint density at radius 3 is 3.00 bits per heavy atom. The van der Waals surface area contributed by atoms with E-state index in [-0.39, 0.29) is 29.6 Å². The van der Waals surface area contributed by atoms with Crippen molar-refractivity contribution >= 4 is 11.5 Å². The highest BCUT2D eigenvalue weighted by Crippen LogP contribution is 2.31. The van der Waals surface area contributed by atoms with Crippen molar-refractivity contribution in [3.05, 3.63) is 16.4 Å². The Balaban J connectivity index is 2.15. The van der Waals surface area contributed by atoms with E-state index in [1.807, 2.05) is 0 Å². The molecule has 0 radical (unpaired) electrons. The normalized spacial score (nSPS) is 18.2. The molecule has 0 bridgehead atoms. The van der Waals surface area contributed by atoms with Crippen LogP contribution in [0.2, 0.25) is 0 Å². The number of hydrogen-bond donors (Lipinski definition) is 1. The van der Waals surface area contributed by atoms with E-state index in [1.165, 1.54) is 6.33 Å². The van der Waals surface area contributed by atoms with E-state index >= 15 is 0 Å². The average Bonchev–Trinajstić information content (AvgIpc) is 2.88. The summed E-state index contributed by atoms with van der Waals surface area (Å²) in [5, 5.41) is 14.1. The lowest BCUT2D eigenvalue weighted by atomic mass is 10.2. The number of anilines is 1. The Morgan fingerprint density at radius 1 is 1.60 bits per heavy atom. The van der Waals surface area contributed by atoms with Gasteiger partial charge < -0.3 is 14.8 Å². The van der Waals surface area contributed by atoms with Gasteiger partial charge in [-0.05, 0) is 26.7 Å². The van der Waals surface area contributed by atoms with Crippen molar-refractivity contribution in [2.45, 2.75) is 38.9 Å². The predicted molar refractivity (Wildman–Crippen MR) is 71.9 cm³/mol. The monoisotopic (exact) mass is 282 g/mol. The van der Waals surface area contributed by atoms with Crippen molar-refractivity contribution in [3.8, 4) is 5.88 Å². The summed E-state index contributed by atoms with van der Waals surface area (Å²) in [6.45, 7) is 4.79. The molecule has 20 heavy (non-hydrogen) atoms. The molecule has 1 saturated heterocycles. The van der Waals surface area contributed by atoms with Crippen LogP contribution in [-0.4, -0.2) is 40.3 Å². The molecule has 1 fully saturated rings. The Morgan fingerprint density at radius 2 is 2.40 bits per heavy atom. The fourth-order valence-corrected chi connectivity index (χ4v) is 1.98. The number of ether oxygens (including phenoxy) is 2. The molecular weight excluding hydrogens is 264 g/mol. The maximum absolute atomic E-state index is 11.2. The molecule has 2 heterocycles. The van der Waals surface area contributed by atoms with Crippen LogP contribution in [0.5, 0.6) is 5.88 Å². The lowest BCUT2D eigenvalue weighted by Crippen LogP contribution is -2.20. The van der Waals surface area contributed by atoms with E-state index in [1.54, 1.807) is 13.8 Å². The van der Waals surface area contributed by atoms with E-state index in [4.69, 9.17) is 9.47 Å². The van der Waals surface area contributed by atoms with Gasteiger partial charge >= 0.3 is 5.69 Å². The van der Waals surface area contributed by atoms with Gasteiger partial charge in [-0.15, -0.1) is 0 Å². The van der Waals surface area contributed by atoms with Gasteiger partial charge in [0.2, 0.25) is 5.82 Å². The van der Waals surface area contributed by atoms with Gasteiger partial charge in [0.1, 0.15) is 6.33 Å². The fourth-order valence-electron chi connectivity index (χ4n) is 1.98. The molecule has 0 aliphatic carbocycles. The van der Waals surface area contributed by atoms with Gasteiger partial charge in [-0.25, -0.2) is 4.98 Å². The molecule has 0 spiro atoms. The highest BCUT2D eigenvalue weighted by Gasteiger charge is 2.26. The zero-order valence-electron chi connectivity index (χ0n) is 11.5. The van der Waals surface area contributed by atoms with Gasteiger partial charge in [-0.1, -0.05) is 0 Å². The van der Waals surface area contributed by atoms with Crippen LogP contribution in [0.1, 0.15) is 26.7 Å². The molecule has 8 nitrogen and oxygen atoms in total. The topological polar surface area (TPSA) is 99.4 Å². The number of aromatic nitrogens is 2. The molecule has 1 aromatic heterocycles. The Labute approximate surface area is 116 Å². The van der Waals surface area contributed by atoms with Crippen molar-refractivity contribution in [3.63, 3.8) is 0 Å². The van der Waals surface area contributed by atoms with E-state index in [9.17, 15) is 10.1 Å². The van der Waals surface area contributed by atoms with E-state index in [0.29, 0.717) is 6.54 Å². The molecule has 1 atom stereocenters. The summed E-state index contributed by atoms with van der Waals surface area (Å²) in [6, 6.07) is 0. The Kier molecular flexibility index (Phi) is 4.67. The highest BCUT2D eigenvalue weighted by molar-refractivity contribution is 5.61. The molecule has 2 rings (SSSR count). The second-order valence-corrected chi connectivity index (χ2v) is 4.82. The minimum absolute atomic E-state index is 0.0187. The summed E-state index contributed by atoms with van der Waals surface area (Å²) in [4.78, 5) is 18.4. The van der Waals surface area contributed by atoms with Crippen molar-refractivity contribution in [2.75, 3.05) is 18.5 Å². The quantitative estimate of drug-likeness (QED) is 0.626. The largest absolute Gasteiger partial charge is 0.470 e. The van der Waals surface area contributed by atoms with Crippen LogP contribution < -0.4 is 10.1 Å². The van der Waals surface area contributed by atoms with Crippen molar-refractivity contribution in [2.24, 2.45) is 0 Å². The number of rotatable bonds is 6. The number of nitrogens with zero attached hydrogens (tertiary/aromatic N) is 3. The van der Waals surface area contributed by atoms with Crippen molar-refractivity contribution in [1.29, 1.82) is 0 Å². The van der Waals surface area contributed by atoms with E-state index in [0.717, 1.165) is 19.4 Å². The third-order valence-corrected chi connectivity index (χ3v) is 2.84. The minimum Gasteiger partial charge on any atom is -0.470 e. The second kappa shape index (κ2) is 6.47. The first-order valence-corrected chi connectivity index (χ1v) is 6.59. The molecule has 110 valence electrons. The van der Waals surface area contributed by atoms with Crippen LogP contribution in [0.4, 0.5) is 11.5 Å². The standard InChI is InChI=1S/C12H18N4O4/c1-8(2)20-12-10(16(17)18)11(14-7-15-12)13-6-9-4-3-5-19-9/h7-9H,3-6H2,1-2H3,(H,13,14,15). The lowest BCUT2D eigenvalue weighted by Gasteiger charge is -2.13. The first-order valence-electron chi connectivity index (χ1n) is 6.59. The van der Waals surface area contributed by atoms with Gasteiger partial charge in [-0.2, -0.15) is 4.98 Å². The van der Waals surface area contributed by atoms with Gasteiger partial charge in [0.25, 0.3) is 5.88 Å². The van der Waals surface area contributed by atoms with Crippen LogP contribution in [0.25, 0.3) is 0 Å². The molecule has 1 unspecified atom stereocenters. The number of nitro groups is 1. The minimum atomic E-state index is -0.532. The summed E-state index contributed by atoms with van der Waals surface area (Å²) in [5.74, 6) is 0.144. The van der Waals surface area contributed by atoms with Crippen LogP contribution >= 0.6 is 0 Å². The number of hydrogen-bond acceptors (Lipinski definition) is 7. The zero-order chi connectivity index (χ0) is 14.5. The summed E-state index contributed by atoms with van der Waals surface area (Å²) < 4.78 is 10.8. The first-order chi connectivity index (χ1) is 9.58. The molecule has 0 amide bonds. The molecule has 1 aromatic rings.